The molecule has 1 rings (SSSR count). The Hall–Kier alpha value is -0.0800. The first-order chi connectivity index (χ1) is 5.83. The average molecular weight is 171 g/mol. The Labute approximate surface area is 75.5 Å². The smallest absolute Gasteiger partial charge is 0.0694 e. The lowest BCUT2D eigenvalue weighted by Gasteiger charge is -2.36. The topological polar surface area (TPSA) is 35.2 Å². The van der Waals surface area contributed by atoms with E-state index in [9.17, 15) is 0 Å². The van der Waals surface area contributed by atoms with Crippen molar-refractivity contribution < 1.29 is 4.74 Å². The maximum Gasteiger partial charge on any atom is 0.0694 e. The fourth-order valence-electron chi connectivity index (χ4n) is 2.23. The molecule has 0 aliphatic heterocycles. The maximum atomic E-state index is 5.83. The van der Waals surface area contributed by atoms with Crippen LogP contribution in [0.15, 0.2) is 0 Å². The molecule has 0 radical (unpaired) electrons. The molecule has 1 saturated carbocycles. The summed E-state index contributed by atoms with van der Waals surface area (Å²) in [7, 11) is 0. The monoisotopic (exact) mass is 171 g/mol. The minimum Gasteiger partial charge on any atom is -0.375 e. The highest BCUT2D eigenvalue weighted by molar-refractivity contribution is 4.84. The Bertz CT molecular complexity index is 103. The fraction of sp³-hybridized carbons (Fsp3) is 1.00. The molecule has 0 bridgehead atoms. The molecule has 0 amide bonds. The van der Waals surface area contributed by atoms with Gasteiger partial charge in [-0.2, -0.15) is 0 Å². The van der Waals surface area contributed by atoms with E-state index >= 15 is 0 Å². The summed E-state index contributed by atoms with van der Waals surface area (Å²) < 4.78 is 5.83. The first-order valence-corrected chi connectivity index (χ1v) is 5.17. The molecule has 12 heavy (non-hydrogen) atoms. The van der Waals surface area contributed by atoms with Crippen LogP contribution in [-0.2, 0) is 4.74 Å². The van der Waals surface area contributed by atoms with E-state index in [2.05, 4.69) is 6.92 Å². The zero-order valence-corrected chi connectivity index (χ0v) is 8.14. The molecule has 1 aliphatic carbocycles. The molecule has 0 aromatic carbocycles. The van der Waals surface area contributed by atoms with Crippen molar-refractivity contribution in [1.29, 1.82) is 0 Å². The summed E-state index contributed by atoms with van der Waals surface area (Å²) in [5.74, 6) is 0. The van der Waals surface area contributed by atoms with Crippen molar-refractivity contribution >= 4 is 0 Å². The van der Waals surface area contributed by atoms with E-state index in [0.29, 0.717) is 0 Å². The normalized spacial score (nSPS) is 22.5. The van der Waals surface area contributed by atoms with Gasteiger partial charge in [0.25, 0.3) is 0 Å². The largest absolute Gasteiger partial charge is 0.375 e. The third-order valence-corrected chi connectivity index (χ3v) is 2.82. The highest BCUT2D eigenvalue weighted by Gasteiger charge is 2.31. The van der Waals surface area contributed by atoms with Gasteiger partial charge in [-0.25, -0.2) is 0 Å². The van der Waals surface area contributed by atoms with Crippen molar-refractivity contribution in [2.75, 3.05) is 13.2 Å². The fourth-order valence-corrected chi connectivity index (χ4v) is 2.23. The molecule has 0 spiro atoms. The second-order valence-corrected chi connectivity index (χ2v) is 3.72. The van der Waals surface area contributed by atoms with Gasteiger partial charge in [0.15, 0.2) is 0 Å². The van der Waals surface area contributed by atoms with Crippen LogP contribution < -0.4 is 5.73 Å². The molecule has 72 valence electrons. The summed E-state index contributed by atoms with van der Waals surface area (Å²) in [6, 6.07) is 0. The average Bonchev–Trinajstić information content (AvgIpc) is 2.07. The molecule has 0 unspecified atom stereocenters. The number of nitrogens with two attached hydrogens (primary N) is 1. The highest BCUT2D eigenvalue weighted by atomic mass is 16.5. The van der Waals surface area contributed by atoms with Crippen LogP contribution in [0.5, 0.6) is 0 Å². The van der Waals surface area contributed by atoms with Crippen LogP contribution in [-0.4, -0.2) is 18.8 Å². The van der Waals surface area contributed by atoms with E-state index in [1.165, 1.54) is 32.1 Å². The molecule has 2 N–H and O–H groups in total. The van der Waals surface area contributed by atoms with Gasteiger partial charge in [-0.1, -0.05) is 19.3 Å². The molecule has 1 aliphatic rings. The summed E-state index contributed by atoms with van der Waals surface area (Å²) >= 11 is 0. The third kappa shape index (κ3) is 2.46. The van der Waals surface area contributed by atoms with Crippen LogP contribution in [0.1, 0.15) is 45.4 Å². The van der Waals surface area contributed by atoms with Crippen molar-refractivity contribution in [3.05, 3.63) is 0 Å². The second-order valence-electron chi connectivity index (χ2n) is 3.72. The molecule has 1 fully saturated rings. The van der Waals surface area contributed by atoms with Crippen molar-refractivity contribution in [3.8, 4) is 0 Å². The number of rotatable bonds is 4. The lowest BCUT2D eigenvalue weighted by Crippen LogP contribution is -2.37. The van der Waals surface area contributed by atoms with E-state index < -0.39 is 0 Å². The molecule has 0 aromatic rings. The Morgan fingerprint density at radius 1 is 1.25 bits per heavy atom. The Morgan fingerprint density at radius 3 is 2.42 bits per heavy atom. The predicted molar refractivity (Wildman–Crippen MR) is 51.1 cm³/mol. The van der Waals surface area contributed by atoms with Crippen LogP contribution in [0.2, 0.25) is 0 Å². The van der Waals surface area contributed by atoms with Gasteiger partial charge in [0, 0.05) is 6.61 Å². The van der Waals surface area contributed by atoms with E-state index in [4.69, 9.17) is 10.5 Å². The van der Waals surface area contributed by atoms with Gasteiger partial charge in [-0.05, 0) is 32.7 Å². The Kier molecular flexibility index (Phi) is 4.02. The van der Waals surface area contributed by atoms with Crippen LogP contribution in [0.4, 0.5) is 0 Å². The van der Waals surface area contributed by atoms with E-state index in [1.807, 2.05) is 0 Å². The first kappa shape index (κ1) is 10.0. The SMILES string of the molecule is CCOC1(CCN)CCCCC1. The van der Waals surface area contributed by atoms with Gasteiger partial charge in [0.1, 0.15) is 0 Å². The highest BCUT2D eigenvalue weighted by Crippen LogP contribution is 2.33. The van der Waals surface area contributed by atoms with Crippen LogP contribution in [0, 0.1) is 0 Å². The van der Waals surface area contributed by atoms with Gasteiger partial charge >= 0.3 is 0 Å². The first-order valence-electron chi connectivity index (χ1n) is 5.17. The van der Waals surface area contributed by atoms with Gasteiger partial charge in [0.2, 0.25) is 0 Å². The van der Waals surface area contributed by atoms with Crippen molar-refractivity contribution in [3.63, 3.8) is 0 Å². The van der Waals surface area contributed by atoms with Crippen molar-refractivity contribution in [2.45, 2.75) is 51.0 Å². The summed E-state index contributed by atoms with van der Waals surface area (Å²) in [6.45, 7) is 3.67. The van der Waals surface area contributed by atoms with E-state index in [-0.39, 0.29) is 5.60 Å². The predicted octanol–water partition coefficient (Wildman–Crippen LogP) is 2.07. The zero-order valence-electron chi connectivity index (χ0n) is 8.14. The maximum absolute atomic E-state index is 5.83. The third-order valence-electron chi connectivity index (χ3n) is 2.82. The minimum absolute atomic E-state index is 0.155. The van der Waals surface area contributed by atoms with Crippen molar-refractivity contribution in [1.82, 2.24) is 0 Å². The Balaban J connectivity index is 2.44. The zero-order chi connectivity index (χ0) is 8.86. The molecule has 2 heteroatoms. The Morgan fingerprint density at radius 2 is 1.92 bits per heavy atom. The summed E-state index contributed by atoms with van der Waals surface area (Å²) in [4.78, 5) is 0. The second kappa shape index (κ2) is 4.83. The molecule has 0 atom stereocenters. The molecule has 0 saturated heterocycles. The summed E-state index contributed by atoms with van der Waals surface area (Å²) in [5, 5.41) is 0. The molecular weight excluding hydrogens is 150 g/mol. The molecule has 2 nitrogen and oxygen atoms in total. The summed E-state index contributed by atoms with van der Waals surface area (Å²) in [6.07, 6.45) is 7.50. The standard InChI is InChI=1S/C10H21NO/c1-2-12-10(8-9-11)6-4-3-5-7-10/h2-9,11H2,1H3. The van der Waals surface area contributed by atoms with Gasteiger partial charge < -0.3 is 10.5 Å². The molecular formula is C10H21NO. The number of ether oxygens (including phenoxy) is 1. The minimum atomic E-state index is 0.155. The van der Waals surface area contributed by atoms with Crippen molar-refractivity contribution in [2.24, 2.45) is 5.73 Å². The number of hydrogen-bond donors (Lipinski definition) is 1. The van der Waals surface area contributed by atoms with E-state index in [0.717, 1.165) is 19.6 Å². The quantitative estimate of drug-likeness (QED) is 0.703. The molecule has 0 aromatic heterocycles. The number of hydrogen-bond acceptors (Lipinski definition) is 2. The van der Waals surface area contributed by atoms with Crippen LogP contribution >= 0.6 is 0 Å². The summed E-state index contributed by atoms with van der Waals surface area (Å²) in [5.41, 5.74) is 5.75. The lowest BCUT2D eigenvalue weighted by atomic mass is 9.82. The van der Waals surface area contributed by atoms with Crippen LogP contribution in [0.25, 0.3) is 0 Å². The molecule has 0 heterocycles. The lowest BCUT2D eigenvalue weighted by molar-refractivity contribution is -0.0684. The van der Waals surface area contributed by atoms with Gasteiger partial charge in [-0.3, -0.25) is 0 Å². The van der Waals surface area contributed by atoms with E-state index in [1.54, 1.807) is 0 Å². The van der Waals surface area contributed by atoms with Gasteiger partial charge in [-0.15, -0.1) is 0 Å². The van der Waals surface area contributed by atoms with Gasteiger partial charge in [0.05, 0.1) is 5.60 Å². The van der Waals surface area contributed by atoms with Crippen LogP contribution in [0.3, 0.4) is 0 Å².